The van der Waals surface area contributed by atoms with Crippen LogP contribution in [0.4, 0.5) is 11.4 Å². The first-order chi connectivity index (χ1) is 13.2. The van der Waals surface area contributed by atoms with E-state index in [1.54, 1.807) is 42.5 Å². The molecule has 0 aliphatic carbocycles. The minimum atomic E-state index is -0.452. The Morgan fingerprint density at radius 3 is 2.63 bits per heavy atom. The predicted octanol–water partition coefficient (Wildman–Crippen LogP) is 2.71. The van der Waals surface area contributed by atoms with Crippen LogP contribution in [0.1, 0.15) is 20.8 Å². The Labute approximate surface area is 154 Å². The van der Waals surface area contributed by atoms with Gasteiger partial charge in [0.25, 0.3) is 11.8 Å². The van der Waals surface area contributed by atoms with Crippen LogP contribution in [-0.4, -0.2) is 28.6 Å². The first kappa shape index (κ1) is 16.5. The van der Waals surface area contributed by atoms with Crippen LogP contribution in [0, 0.1) is 0 Å². The number of amides is 2. The van der Waals surface area contributed by atoms with E-state index in [2.05, 4.69) is 20.6 Å². The largest absolute Gasteiger partial charge is 0.454 e. The molecule has 0 atom stereocenters. The fourth-order valence-corrected chi connectivity index (χ4v) is 2.57. The fourth-order valence-electron chi connectivity index (χ4n) is 2.57. The summed E-state index contributed by atoms with van der Waals surface area (Å²) in [6.07, 6.45) is 4.25. The SMILES string of the molecule is O=C(Nc1ccccc1C(=O)Nc1ccc2c(c1)OCO2)c1cnccn1. The maximum atomic E-state index is 12.7. The van der Waals surface area contributed by atoms with E-state index in [9.17, 15) is 9.59 Å². The van der Waals surface area contributed by atoms with Gasteiger partial charge in [0.2, 0.25) is 6.79 Å². The summed E-state index contributed by atoms with van der Waals surface area (Å²) in [5.74, 6) is 0.372. The minimum absolute atomic E-state index is 0.156. The predicted molar refractivity (Wildman–Crippen MR) is 96.9 cm³/mol. The highest BCUT2D eigenvalue weighted by atomic mass is 16.7. The first-order valence-corrected chi connectivity index (χ1v) is 8.08. The van der Waals surface area contributed by atoms with E-state index in [4.69, 9.17) is 9.47 Å². The summed E-state index contributed by atoms with van der Waals surface area (Å²) in [5.41, 5.74) is 1.39. The summed E-state index contributed by atoms with van der Waals surface area (Å²) >= 11 is 0. The summed E-state index contributed by atoms with van der Waals surface area (Å²) in [7, 11) is 0. The summed E-state index contributed by atoms with van der Waals surface area (Å²) in [5, 5.41) is 5.48. The van der Waals surface area contributed by atoms with Crippen molar-refractivity contribution in [2.24, 2.45) is 0 Å². The zero-order valence-corrected chi connectivity index (χ0v) is 14.0. The Hall–Kier alpha value is -3.94. The molecule has 8 nitrogen and oxygen atoms in total. The average molecular weight is 362 g/mol. The van der Waals surface area contributed by atoms with Crippen LogP contribution >= 0.6 is 0 Å². The molecule has 2 heterocycles. The summed E-state index contributed by atoms with van der Waals surface area (Å²) in [6, 6.07) is 11.8. The van der Waals surface area contributed by atoms with E-state index in [1.807, 2.05) is 0 Å². The van der Waals surface area contributed by atoms with Crippen molar-refractivity contribution in [3.05, 3.63) is 72.3 Å². The van der Waals surface area contributed by atoms with E-state index in [-0.39, 0.29) is 18.4 Å². The lowest BCUT2D eigenvalue weighted by atomic mass is 10.1. The Morgan fingerprint density at radius 2 is 1.78 bits per heavy atom. The van der Waals surface area contributed by atoms with Crippen LogP contribution in [0.2, 0.25) is 0 Å². The Morgan fingerprint density at radius 1 is 0.926 bits per heavy atom. The molecule has 0 fully saturated rings. The molecule has 0 saturated heterocycles. The number of hydrogen-bond donors (Lipinski definition) is 2. The molecule has 0 unspecified atom stereocenters. The van der Waals surface area contributed by atoms with Gasteiger partial charge in [-0.1, -0.05) is 12.1 Å². The van der Waals surface area contributed by atoms with E-state index in [0.717, 1.165) is 0 Å². The number of anilines is 2. The molecule has 8 heteroatoms. The highest BCUT2D eigenvalue weighted by Crippen LogP contribution is 2.34. The van der Waals surface area contributed by atoms with Gasteiger partial charge in [-0.15, -0.1) is 0 Å². The van der Waals surface area contributed by atoms with E-state index >= 15 is 0 Å². The number of aromatic nitrogens is 2. The molecule has 3 aromatic rings. The molecule has 27 heavy (non-hydrogen) atoms. The van der Waals surface area contributed by atoms with E-state index < -0.39 is 5.91 Å². The number of carbonyl (C=O) groups excluding carboxylic acids is 2. The first-order valence-electron chi connectivity index (χ1n) is 8.08. The van der Waals surface area contributed by atoms with Crippen LogP contribution in [0.5, 0.6) is 11.5 Å². The van der Waals surface area contributed by atoms with Gasteiger partial charge in [0.1, 0.15) is 5.69 Å². The third-order valence-corrected chi connectivity index (χ3v) is 3.85. The normalized spacial score (nSPS) is 11.7. The van der Waals surface area contributed by atoms with Crippen molar-refractivity contribution in [3.63, 3.8) is 0 Å². The summed E-state index contributed by atoms with van der Waals surface area (Å²) in [4.78, 5) is 32.8. The van der Waals surface area contributed by atoms with Crippen molar-refractivity contribution in [3.8, 4) is 11.5 Å². The molecular weight excluding hydrogens is 348 g/mol. The number of nitrogens with zero attached hydrogens (tertiary/aromatic N) is 2. The number of nitrogens with one attached hydrogen (secondary N) is 2. The molecular formula is C19H14N4O4. The second-order valence-electron chi connectivity index (χ2n) is 5.61. The van der Waals surface area contributed by atoms with Gasteiger partial charge in [-0.2, -0.15) is 0 Å². The van der Waals surface area contributed by atoms with E-state index in [1.165, 1.54) is 18.6 Å². The zero-order valence-electron chi connectivity index (χ0n) is 14.0. The molecule has 1 aromatic heterocycles. The lowest BCUT2D eigenvalue weighted by Gasteiger charge is -2.11. The zero-order chi connectivity index (χ0) is 18.6. The topological polar surface area (TPSA) is 102 Å². The van der Waals surface area contributed by atoms with Crippen LogP contribution in [0.3, 0.4) is 0 Å². The molecule has 2 N–H and O–H groups in total. The average Bonchev–Trinajstić information content (AvgIpc) is 3.17. The lowest BCUT2D eigenvalue weighted by Crippen LogP contribution is -2.19. The molecule has 4 rings (SSSR count). The number of para-hydroxylation sites is 1. The summed E-state index contributed by atoms with van der Waals surface area (Å²) in [6.45, 7) is 0.157. The number of benzene rings is 2. The lowest BCUT2D eigenvalue weighted by molar-refractivity contribution is 0.102. The van der Waals surface area contributed by atoms with Crippen molar-refractivity contribution >= 4 is 23.2 Å². The van der Waals surface area contributed by atoms with Crippen molar-refractivity contribution in [1.29, 1.82) is 0 Å². The highest BCUT2D eigenvalue weighted by molar-refractivity contribution is 6.12. The number of rotatable bonds is 4. The molecule has 0 spiro atoms. The molecule has 0 radical (unpaired) electrons. The van der Waals surface area contributed by atoms with Crippen molar-refractivity contribution in [2.75, 3.05) is 17.4 Å². The molecule has 1 aliphatic rings. The molecule has 0 saturated carbocycles. The second kappa shape index (κ2) is 7.12. The number of carbonyl (C=O) groups is 2. The van der Waals surface area contributed by atoms with E-state index in [0.29, 0.717) is 28.4 Å². The van der Waals surface area contributed by atoms with Crippen LogP contribution < -0.4 is 20.1 Å². The number of hydrogen-bond acceptors (Lipinski definition) is 6. The van der Waals surface area contributed by atoms with Gasteiger partial charge >= 0.3 is 0 Å². The molecule has 134 valence electrons. The second-order valence-corrected chi connectivity index (χ2v) is 5.61. The Bertz CT molecular complexity index is 1010. The van der Waals surface area contributed by atoms with Crippen molar-refractivity contribution in [2.45, 2.75) is 0 Å². The summed E-state index contributed by atoms with van der Waals surface area (Å²) < 4.78 is 10.6. The van der Waals surface area contributed by atoms with Crippen LogP contribution in [0.25, 0.3) is 0 Å². The van der Waals surface area contributed by atoms with Gasteiger partial charge in [-0.05, 0) is 24.3 Å². The van der Waals surface area contributed by atoms with Gasteiger partial charge in [-0.25, -0.2) is 4.98 Å². The van der Waals surface area contributed by atoms with Gasteiger partial charge in [0.05, 0.1) is 17.4 Å². The minimum Gasteiger partial charge on any atom is -0.454 e. The standard InChI is InChI=1S/C19H14N4O4/c24-18(22-12-5-6-16-17(9-12)27-11-26-16)13-3-1-2-4-14(13)23-19(25)15-10-20-7-8-21-15/h1-10H,11H2,(H,22,24)(H,23,25). The van der Waals surface area contributed by atoms with Gasteiger partial charge in [0, 0.05) is 24.1 Å². The van der Waals surface area contributed by atoms with Crippen LogP contribution in [-0.2, 0) is 0 Å². The number of fused-ring (bicyclic) bond motifs is 1. The quantitative estimate of drug-likeness (QED) is 0.740. The van der Waals surface area contributed by atoms with Gasteiger partial charge < -0.3 is 20.1 Å². The van der Waals surface area contributed by atoms with Crippen LogP contribution in [0.15, 0.2) is 61.1 Å². The number of ether oxygens (including phenoxy) is 2. The highest BCUT2D eigenvalue weighted by Gasteiger charge is 2.17. The molecule has 2 aromatic carbocycles. The molecule has 2 amide bonds. The maximum absolute atomic E-state index is 12.7. The van der Waals surface area contributed by atoms with Gasteiger partial charge in [0.15, 0.2) is 11.5 Å². The van der Waals surface area contributed by atoms with Crippen molar-refractivity contribution < 1.29 is 19.1 Å². The molecule has 1 aliphatic heterocycles. The third-order valence-electron chi connectivity index (χ3n) is 3.85. The molecule has 0 bridgehead atoms. The van der Waals surface area contributed by atoms with Crippen molar-refractivity contribution in [1.82, 2.24) is 9.97 Å². The fraction of sp³-hybridized carbons (Fsp3) is 0.0526. The Kier molecular flexibility index (Phi) is 4.36. The smallest absolute Gasteiger partial charge is 0.275 e. The Balaban J connectivity index is 1.53. The van der Waals surface area contributed by atoms with Gasteiger partial charge in [-0.3, -0.25) is 14.6 Å². The monoisotopic (exact) mass is 362 g/mol. The third kappa shape index (κ3) is 3.54. The maximum Gasteiger partial charge on any atom is 0.275 e.